The van der Waals surface area contributed by atoms with Crippen molar-refractivity contribution in [2.24, 2.45) is 5.73 Å². The van der Waals surface area contributed by atoms with Gasteiger partial charge in [-0.3, -0.25) is 4.79 Å². The Hall–Kier alpha value is -0.710. The van der Waals surface area contributed by atoms with Crippen LogP contribution in [0.1, 0.15) is 26.7 Å². The van der Waals surface area contributed by atoms with Crippen molar-refractivity contribution >= 4 is 5.91 Å². The number of carbonyl (C=O) groups excluding carboxylic acids is 1. The van der Waals surface area contributed by atoms with E-state index >= 15 is 0 Å². The van der Waals surface area contributed by atoms with Crippen molar-refractivity contribution in [1.82, 2.24) is 4.90 Å². The minimum atomic E-state index is -3.24. The van der Waals surface area contributed by atoms with Crippen LogP contribution >= 0.6 is 0 Å². The molecule has 2 unspecified atom stereocenters. The molecule has 0 saturated carbocycles. The summed E-state index contributed by atoms with van der Waals surface area (Å²) in [5.74, 6) is -4.32. The van der Waals surface area contributed by atoms with Crippen molar-refractivity contribution in [3.8, 4) is 0 Å². The second-order valence-corrected chi connectivity index (χ2v) is 3.75. The molecule has 1 saturated heterocycles. The number of carbonyl (C=O) groups is 1. The summed E-state index contributed by atoms with van der Waals surface area (Å²) >= 11 is 0. The first-order chi connectivity index (χ1) is 6.40. The molecule has 0 spiro atoms. The Bertz CT molecular complexity index is 233. The third-order valence-electron chi connectivity index (χ3n) is 2.83. The molecule has 0 aromatic rings. The molecule has 1 fully saturated rings. The first-order valence-electron chi connectivity index (χ1n) is 4.84. The lowest BCUT2D eigenvalue weighted by molar-refractivity contribution is -0.158. The summed E-state index contributed by atoms with van der Waals surface area (Å²) < 4.78 is 26.1. The van der Waals surface area contributed by atoms with Crippen molar-refractivity contribution in [1.29, 1.82) is 0 Å². The van der Waals surface area contributed by atoms with E-state index in [1.54, 1.807) is 6.92 Å². The van der Waals surface area contributed by atoms with Crippen LogP contribution in [0.15, 0.2) is 0 Å². The van der Waals surface area contributed by atoms with Crippen molar-refractivity contribution in [2.45, 2.75) is 44.7 Å². The van der Waals surface area contributed by atoms with Gasteiger partial charge >= 0.3 is 5.92 Å². The largest absolute Gasteiger partial charge is 0.333 e. The van der Waals surface area contributed by atoms with E-state index in [1.165, 1.54) is 11.8 Å². The number of halogens is 2. The maximum atomic E-state index is 13.1. The molecule has 1 aliphatic heterocycles. The van der Waals surface area contributed by atoms with E-state index in [2.05, 4.69) is 0 Å². The highest BCUT2D eigenvalue weighted by Gasteiger charge is 2.44. The van der Waals surface area contributed by atoms with Crippen LogP contribution in [0.2, 0.25) is 0 Å². The quantitative estimate of drug-likeness (QED) is 0.732. The van der Waals surface area contributed by atoms with Crippen molar-refractivity contribution < 1.29 is 13.6 Å². The van der Waals surface area contributed by atoms with Crippen molar-refractivity contribution in [2.75, 3.05) is 6.54 Å². The molecule has 1 aliphatic rings. The Morgan fingerprint density at radius 3 is 2.57 bits per heavy atom. The average Bonchev–Trinajstić information content (AvgIpc) is 2.47. The lowest BCUT2D eigenvalue weighted by atomic mass is 10.1. The van der Waals surface area contributed by atoms with E-state index in [-0.39, 0.29) is 12.1 Å². The van der Waals surface area contributed by atoms with Crippen LogP contribution in [-0.4, -0.2) is 35.4 Å². The van der Waals surface area contributed by atoms with Gasteiger partial charge in [0.25, 0.3) is 5.91 Å². The van der Waals surface area contributed by atoms with Crippen LogP contribution in [-0.2, 0) is 4.79 Å². The highest BCUT2D eigenvalue weighted by molar-refractivity contribution is 5.84. The average molecular weight is 206 g/mol. The Balaban J connectivity index is 2.71. The highest BCUT2D eigenvalue weighted by atomic mass is 19.3. The monoisotopic (exact) mass is 206 g/mol. The lowest BCUT2D eigenvalue weighted by Crippen LogP contribution is -2.47. The molecule has 0 bridgehead atoms. The summed E-state index contributed by atoms with van der Waals surface area (Å²) in [6.45, 7) is 3.36. The molecule has 0 aromatic carbocycles. The summed E-state index contributed by atoms with van der Waals surface area (Å²) in [5.41, 5.74) is 5.65. The zero-order chi connectivity index (χ0) is 10.9. The molecule has 82 valence electrons. The minimum absolute atomic E-state index is 0.174. The first kappa shape index (κ1) is 11.4. The molecule has 14 heavy (non-hydrogen) atoms. The summed E-state index contributed by atoms with van der Waals surface area (Å²) in [6.07, 6.45) is 0.150. The highest BCUT2D eigenvalue weighted by Crippen LogP contribution is 2.26. The predicted molar refractivity (Wildman–Crippen MR) is 49.0 cm³/mol. The van der Waals surface area contributed by atoms with E-state index in [0.29, 0.717) is 13.0 Å². The number of nitrogens with zero attached hydrogens (tertiary/aromatic N) is 1. The molecular weight excluding hydrogens is 190 g/mol. The van der Waals surface area contributed by atoms with E-state index in [1.807, 2.05) is 0 Å². The normalized spacial score (nSPS) is 28.2. The number of hydrogen-bond acceptors (Lipinski definition) is 2. The van der Waals surface area contributed by atoms with E-state index < -0.39 is 18.3 Å². The van der Waals surface area contributed by atoms with Crippen LogP contribution in [0.5, 0.6) is 0 Å². The molecule has 1 amide bonds. The SMILES string of the molecule is CCC(F)(F)C(=O)N1CCC(N)C1C. The Kier molecular flexibility index (Phi) is 3.09. The minimum Gasteiger partial charge on any atom is -0.333 e. The predicted octanol–water partition coefficient (Wildman–Crippen LogP) is 0.980. The van der Waals surface area contributed by atoms with Gasteiger partial charge in [0.2, 0.25) is 0 Å². The zero-order valence-corrected chi connectivity index (χ0v) is 8.46. The van der Waals surface area contributed by atoms with Crippen LogP contribution in [0.3, 0.4) is 0 Å². The molecule has 3 nitrogen and oxygen atoms in total. The summed E-state index contributed by atoms with van der Waals surface area (Å²) in [5, 5.41) is 0. The summed E-state index contributed by atoms with van der Waals surface area (Å²) in [6, 6.07) is -0.452. The van der Waals surface area contributed by atoms with E-state index in [4.69, 9.17) is 5.73 Å². The maximum absolute atomic E-state index is 13.1. The number of hydrogen-bond donors (Lipinski definition) is 1. The van der Waals surface area contributed by atoms with Gasteiger partial charge in [-0.05, 0) is 13.3 Å². The van der Waals surface area contributed by atoms with Gasteiger partial charge in [-0.15, -0.1) is 0 Å². The number of nitrogens with two attached hydrogens (primary N) is 1. The molecule has 2 atom stereocenters. The Labute approximate surface area is 82.2 Å². The van der Waals surface area contributed by atoms with Crippen LogP contribution in [0, 0.1) is 0 Å². The standard InChI is InChI=1S/C9H16F2N2O/c1-3-9(10,11)8(14)13-5-4-7(12)6(13)2/h6-7H,3-5,12H2,1-2H3. The van der Waals surface area contributed by atoms with Gasteiger partial charge in [-0.2, -0.15) is 8.78 Å². The molecule has 0 radical (unpaired) electrons. The number of rotatable bonds is 2. The van der Waals surface area contributed by atoms with Gasteiger partial charge in [0, 0.05) is 25.0 Å². The molecule has 0 aliphatic carbocycles. The second-order valence-electron chi connectivity index (χ2n) is 3.75. The van der Waals surface area contributed by atoms with Crippen LogP contribution < -0.4 is 5.73 Å². The van der Waals surface area contributed by atoms with Gasteiger partial charge in [0.15, 0.2) is 0 Å². The molecule has 1 rings (SSSR count). The number of alkyl halides is 2. The van der Waals surface area contributed by atoms with Gasteiger partial charge in [-0.1, -0.05) is 6.92 Å². The number of likely N-dealkylation sites (tertiary alicyclic amines) is 1. The Morgan fingerprint density at radius 2 is 2.21 bits per heavy atom. The topological polar surface area (TPSA) is 46.3 Å². The third-order valence-corrected chi connectivity index (χ3v) is 2.83. The maximum Gasteiger partial charge on any atom is 0.324 e. The summed E-state index contributed by atoms with van der Waals surface area (Å²) in [7, 11) is 0. The molecule has 1 heterocycles. The molecule has 5 heteroatoms. The summed E-state index contributed by atoms with van der Waals surface area (Å²) in [4.78, 5) is 12.6. The fourth-order valence-electron chi connectivity index (χ4n) is 1.61. The lowest BCUT2D eigenvalue weighted by Gasteiger charge is -2.26. The zero-order valence-electron chi connectivity index (χ0n) is 8.46. The van der Waals surface area contributed by atoms with E-state index in [9.17, 15) is 13.6 Å². The van der Waals surface area contributed by atoms with Crippen molar-refractivity contribution in [3.63, 3.8) is 0 Å². The van der Waals surface area contributed by atoms with Gasteiger partial charge in [-0.25, -0.2) is 0 Å². The molecule has 2 N–H and O–H groups in total. The second kappa shape index (κ2) is 3.81. The van der Waals surface area contributed by atoms with Gasteiger partial charge < -0.3 is 10.6 Å². The Morgan fingerprint density at radius 1 is 1.64 bits per heavy atom. The fourth-order valence-corrected chi connectivity index (χ4v) is 1.61. The number of amides is 1. The van der Waals surface area contributed by atoms with Crippen molar-refractivity contribution in [3.05, 3.63) is 0 Å². The molecule has 0 aromatic heterocycles. The van der Waals surface area contributed by atoms with E-state index in [0.717, 1.165) is 0 Å². The van der Waals surface area contributed by atoms with Gasteiger partial charge in [0.05, 0.1) is 0 Å². The fraction of sp³-hybridized carbons (Fsp3) is 0.889. The van der Waals surface area contributed by atoms with Crippen LogP contribution in [0.4, 0.5) is 8.78 Å². The van der Waals surface area contributed by atoms with Crippen LogP contribution in [0.25, 0.3) is 0 Å². The third kappa shape index (κ3) is 1.87. The first-order valence-corrected chi connectivity index (χ1v) is 4.84. The molecular formula is C9H16F2N2O. The smallest absolute Gasteiger partial charge is 0.324 e. The van der Waals surface area contributed by atoms with Gasteiger partial charge in [0.1, 0.15) is 0 Å².